The third kappa shape index (κ3) is 5.42. The van der Waals surface area contributed by atoms with Gasteiger partial charge in [-0.25, -0.2) is 4.68 Å². The second-order valence-electron chi connectivity index (χ2n) is 7.33. The van der Waals surface area contributed by atoms with E-state index in [0.717, 1.165) is 12.0 Å². The number of carbonyl (C=O) groups excluding carboxylic acids is 1. The van der Waals surface area contributed by atoms with Gasteiger partial charge in [-0.3, -0.25) is 9.59 Å². The van der Waals surface area contributed by atoms with Gasteiger partial charge >= 0.3 is 0 Å². The summed E-state index contributed by atoms with van der Waals surface area (Å²) in [6, 6.07) is 10.9. The molecule has 1 amide bonds. The normalized spacial score (nSPS) is 19.6. The van der Waals surface area contributed by atoms with Gasteiger partial charge in [0.25, 0.3) is 5.56 Å². The topological polar surface area (TPSA) is 64.0 Å². The zero-order valence-corrected chi connectivity index (χ0v) is 16.4. The minimum Gasteiger partial charge on any atom is -0.353 e. The summed E-state index contributed by atoms with van der Waals surface area (Å²) in [5, 5.41) is 8.24. The molecule has 1 saturated carbocycles. The third-order valence-corrected chi connectivity index (χ3v) is 5.49. The van der Waals surface area contributed by atoms with Crippen LogP contribution in [0.4, 0.5) is 0 Å². The van der Waals surface area contributed by atoms with Crippen molar-refractivity contribution in [3.63, 3.8) is 0 Å². The van der Waals surface area contributed by atoms with E-state index < -0.39 is 0 Å². The molecule has 1 N–H and O–H groups in total. The van der Waals surface area contributed by atoms with E-state index in [0.29, 0.717) is 42.1 Å². The van der Waals surface area contributed by atoms with Crippen LogP contribution in [0.1, 0.15) is 45.4 Å². The second-order valence-corrected chi connectivity index (χ2v) is 7.76. The lowest BCUT2D eigenvalue weighted by Gasteiger charge is -2.29. The summed E-state index contributed by atoms with van der Waals surface area (Å²) in [4.78, 5) is 24.3. The van der Waals surface area contributed by atoms with Crippen molar-refractivity contribution in [3.05, 3.63) is 51.8 Å². The largest absolute Gasteiger partial charge is 0.353 e. The molecule has 144 valence electrons. The number of halogens is 1. The van der Waals surface area contributed by atoms with Gasteiger partial charge in [0.05, 0.1) is 5.69 Å². The van der Waals surface area contributed by atoms with Crippen LogP contribution in [0, 0.1) is 5.92 Å². The maximum absolute atomic E-state index is 12.2. The van der Waals surface area contributed by atoms with Crippen molar-refractivity contribution in [2.45, 2.75) is 58.0 Å². The van der Waals surface area contributed by atoms with Crippen LogP contribution in [0.15, 0.2) is 41.2 Å². The number of aromatic nitrogens is 2. The number of benzene rings is 1. The van der Waals surface area contributed by atoms with Crippen molar-refractivity contribution in [2.24, 2.45) is 5.92 Å². The second kappa shape index (κ2) is 9.18. The van der Waals surface area contributed by atoms with E-state index in [1.165, 1.54) is 30.0 Å². The molecule has 2 atom stereocenters. The average molecular weight is 388 g/mol. The Morgan fingerprint density at radius 1 is 1.19 bits per heavy atom. The predicted octanol–water partition coefficient (Wildman–Crippen LogP) is 4.04. The van der Waals surface area contributed by atoms with Crippen LogP contribution in [-0.2, 0) is 11.3 Å². The molecule has 27 heavy (non-hydrogen) atoms. The van der Waals surface area contributed by atoms with Crippen molar-refractivity contribution >= 4 is 17.5 Å². The Kier molecular flexibility index (Phi) is 6.67. The van der Waals surface area contributed by atoms with Crippen LogP contribution in [0.25, 0.3) is 11.3 Å². The van der Waals surface area contributed by atoms with E-state index >= 15 is 0 Å². The molecule has 0 aliphatic heterocycles. The SMILES string of the molecule is CC1CCCCC1NC(=O)CCCn1nc(-c2ccc(Cl)cc2)ccc1=O. The quantitative estimate of drug-likeness (QED) is 0.813. The molecule has 5 nitrogen and oxygen atoms in total. The van der Waals surface area contributed by atoms with Gasteiger partial charge in [-0.2, -0.15) is 5.10 Å². The summed E-state index contributed by atoms with van der Waals surface area (Å²) < 4.78 is 1.43. The molecule has 3 rings (SSSR count). The Balaban J connectivity index is 1.56. The van der Waals surface area contributed by atoms with Crippen molar-refractivity contribution < 1.29 is 4.79 Å². The van der Waals surface area contributed by atoms with Crippen LogP contribution in [0.3, 0.4) is 0 Å². The summed E-state index contributed by atoms with van der Waals surface area (Å²) in [5.74, 6) is 0.610. The Morgan fingerprint density at radius 3 is 2.67 bits per heavy atom. The van der Waals surface area contributed by atoms with Crippen LogP contribution < -0.4 is 10.9 Å². The highest BCUT2D eigenvalue weighted by atomic mass is 35.5. The molecule has 1 aliphatic rings. The van der Waals surface area contributed by atoms with E-state index in [4.69, 9.17) is 11.6 Å². The highest BCUT2D eigenvalue weighted by Gasteiger charge is 2.22. The summed E-state index contributed by atoms with van der Waals surface area (Å²) in [6.07, 6.45) is 5.68. The minimum atomic E-state index is -0.158. The number of nitrogens with one attached hydrogen (secondary N) is 1. The molecule has 0 saturated heterocycles. The first-order chi connectivity index (χ1) is 13.0. The van der Waals surface area contributed by atoms with Crippen molar-refractivity contribution in [1.82, 2.24) is 15.1 Å². The van der Waals surface area contributed by atoms with E-state index in [-0.39, 0.29) is 11.5 Å². The fourth-order valence-electron chi connectivity index (χ4n) is 3.58. The van der Waals surface area contributed by atoms with Gasteiger partial charge in [-0.1, -0.05) is 43.5 Å². The van der Waals surface area contributed by atoms with Gasteiger partial charge in [0.1, 0.15) is 0 Å². The monoisotopic (exact) mass is 387 g/mol. The van der Waals surface area contributed by atoms with Gasteiger partial charge in [-0.15, -0.1) is 0 Å². The van der Waals surface area contributed by atoms with Crippen LogP contribution >= 0.6 is 11.6 Å². The highest BCUT2D eigenvalue weighted by molar-refractivity contribution is 6.30. The van der Waals surface area contributed by atoms with Gasteiger partial charge < -0.3 is 5.32 Å². The molecule has 6 heteroatoms. The maximum Gasteiger partial charge on any atom is 0.266 e. The predicted molar refractivity (Wildman–Crippen MR) is 108 cm³/mol. The van der Waals surface area contributed by atoms with Crippen LogP contribution in [-0.4, -0.2) is 21.7 Å². The first-order valence-electron chi connectivity index (χ1n) is 9.66. The molecule has 2 aromatic rings. The molecule has 0 radical (unpaired) electrons. The fourth-order valence-corrected chi connectivity index (χ4v) is 3.71. The van der Waals surface area contributed by atoms with E-state index in [2.05, 4.69) is 17.3 Å². The van der Waals surface area contributed by atoms with Crippen LogP contribution in [0.2, 0.25) is 5.02 Å². The van der Waals surface area contributed by atoms with Crippen molar-refractivity contribution in [3.8, 4) is 11.3 Å². The zero-order chi connectivity index (χ0) is 19.2. The van der Waals surface area contributed by atoms with Gasteiger partial charge in [0.2, 0.25) is 5.91 Å². The molecule has 0 spiro atoms. The number of hydrogen-bond donors (Lipinski definition) is 1. The number of rotatable bonds is 6. The van der Waals surface area contributed by atoms with Gasteiger partial charge in [0, 0.05) is 35.7 Å². The van der Waals surface area contributed by atoms with E-state index in [1.54, 1.807) is 18.2 Å². The molecular formula is C21H26ClN3O2. The Morgan fingerprint density at radius 2 is 1.93 bits per heavy atom. The third-order valence-electron chi connectivity index (χ3n) is 5.24. The van der Waals surface area contributed by atoms with E-state index in [1.807, 2.05) is 12.1 Å². The zero-order valence-electron chi connectivity index (χ0n) is 15.7. The molecule has 1 aromatic heterocycles. The number of aryl methyl sites for hydroxylation is 1. The minimum absolute atomic E-state index is 0.0654. The van der Waals surface area contributed by atoms with Gasteiger partial charge in [0.15, 0.2) is 0 Å². The number of carbonyl (C=O) groups is 1. The maximum atomic E-state index is 12.2. The Hall–Kier alpha value is -2.14. The number of amides is 1. The lowest BCUT2D eigenvalue weighted by molar-refractivity contribution is -0.122. The number of nitrogens with zero attached hydrogens (tertiary/aromatic N) is 2. The Bertz CT molecular complexity index is 832. The number of hydrogen-bond acceptors (Lipinski definition) is 3. The fraction of sp³-hybridized carbons (Fsp3) is 0.476. The molecule has 1 heterocycles. The summed E-state index contributed by atoms with van der Waals surface area (Å²) >= 11 is 5.92. The Labute approximate surface area is 164 Å². The summed E-state index contributed by atoms with van der Waals surface area (Å²) in [7, 11) is 0. The van der Waals surface area contributed by atoms with E-state index in [9.17, 15) is 9.59 Å². The first kappa shape index (κ1) is 19.6. The highest BCUT2D eigenvalue weighted by Crippen LogP contribution is 2.23. The van der Waals surface area contributed by atoms with Crippen molar-refractivity contribution in [2.75, 3.05) is 0 Å². The lowest BCUT2D eigenvalue weighted by Crippen LogP contribution is -2.41. The smallest absolute Gasteiger partial charge is 0.266 e. The molecule has 1 aliphatic carbocycles. The molecule has 1 fully saturated rings. The standard InChI is InChI=1S/C21H26ClN3O2/c1-15-5-2-3-6-18(15)23-20(26)7-4-14-25-21(27)13-12-19(24-25)16-8-10-17(22)11-9-16/h8-13,15,18H,2-7,14H2,1H3,(H,23,26). The van der Waals surface area contributed by atoms with Crippen LogP contribution in [0.5, 0.6) is 0 Å². The van der Waals surface area contributed by atoms with Crippen molar-refractivity contribution in [1.29, 1.82) is 0 Å². The summed E-state index contributed by atoms with van der Waals surface area (Å²) in [5.41, 5.74) is 1.46. The molecular weight excluding hydrogens is 362 g/mol. The molecule has 0 bridgehead atoms. The average Bonchev–Trinajstić information content (AvgIpc) is 2.66. The molecule has 2 unspecified atom stereocenters. The van der Waals surface area contributed by atoms with Gasteiger partial charge in [-0.05, 0) is 43.4 Å². The first-order valence-corrected chi connectivity index (χ1v) is 10.0. The molecule has 1 aromatic carbocycles. The lowest BCUT2D eigenvalue weighted by atomic mass is 9.86. The summed E-state index contributed by atoms with van der Waals surface area (Å²) in [6.45, 7) is 2.63.